The van der Waals surface area contributed by atoms with Crippen LogP contribution in [0.25, 0.3) is 0 Å². The molecule has 2 fully saturated rings. The summed E-state index contributed by atoms with van der Waals surface area (Å²) in [6.45, 7) is 8.76. The number of piperidine rings is 1. The molecule has 2 rings (SSSR count). The van der Waals surface area contributed by atoms with Crippen LogP contribution in [-0.2, 0) is 0 Å². The van der Waals surface area contributed by atoms with Gasteiger partial charge in [-0.1, -0.05) is 19.8 Å². The number of aliphatic hydroxyl groups is 1. The molecule has 112 valence electrons. The largest absolute Gasteiger partial charge is 0.393 e. The summed E-state index contributed by atoms with van der Waals surface area (Å²) in [5, 5.41) is 13.8. The lowest BCUT2D eigenvalue weighted by Gasteiger charge is -2.43. The van der Waals surface area contributed by atoms with Crippen LogP contribution in [0.2, 0.25) is 0 Å². The average molecular weight is 268 g/mol. The van der Waals surface area contributed by atoms with E-state index in [1.54, 1.807) is 0 Å². The van der Waals surface area contributed by atoms with Gasteiger partial charge in [0.25, 0.3) is 0 Å². The fourth-order valence-corrected chi connectivity index (χ4v) is 3.69. The lowest BCUT2D eigenvalue weighted by atomic mass is 9.88. The average Bonchev–Trinajstić information content (AvgIpc) is 2.90. The fourth-order valence-electron chi connectivity index (χ4n) is 3.69. The highest BCUT2D eigenvalue weighted by Crippen LogP contribution is 2.25. The van der Waals surface area contributed by atoms with E-state index in [0.29, 0.717) is 18.0 Å². The molecule has 0 spiro atoms. The maximum absolute atomic E-state index is 9.97. The molecule has 19 heavy (non-hydrogen) atoms. The Labute approximate surface area is 118 Å². The zero-order valence-corrected chi connectivity index (χ0v) is 12.9. The second-order valence-corrected chi connectivity index (χ2v) is 6.79. The van der Waals surface area contributed by atoms with Gasteiger partial charge in [0.15, 0.2) is 0 Å². The predicted octanol–water partition coefficient (Wildman–Crippen LogP) is 2.39. The van der Waals surface area contributed by atoms with Crippen LogP contribution in [0.5, 0.6) is 0 Å². The molecular formula is C16H32N2O. The first-order chi connectivity index (χ1) is 9.10. The van der Waals surface area contributed by atoms with Crippen molar-refractivity contribution in [2.45, 2.75) is 83.5 Å². The van der Waals surface area contributed by atoms with Gasteiger partial charge in [-0.25, -0.2) is 0 Å². The standard InChI is InChI=1S/C16H32N2O/c1-4-12(2)18-10-14(13(3)19)9-16(11-18)17-15-7-5-6-8-15/h12-17,19H,4-11H2,1-3H3. The Morgan fingerprint density at radius 2 is 1.84 bits per heavy atom. The zero-order valence-electron chi connectivity index (χ0n) is 12.9. The van der Waals surface area contributed by atoms with Crippen LogP contribution in [-0.4, -0.2) is 47.3 Å². The molecule has 0 radical (unpaired) electrons. The van der Waals surface area contributed by atoms with Gasteiger partial charge < -0.3 is 10.4 Å². The molecular weight excluding hydrogens is 236 g/mol. The van der Waals surface area contributed by atoms with Gasteiger partial charge in [0.05, 0.1) is 6.10 Å². The molecule has 0 amide bonds. The molecule has 1 aliphatic carbocycles. The number of likely N-dealkylation sites (tertiary alicyclic amines) is 1. The highest BCUT2D eigenvalue weighted by atomic mass is 16.3. The molecule has 1 aliphatic heterocycles. The normalized spacial score (nSPS) is 33.5. The molecule has 1 saturated carbocycles. The number of hydrogen-bond acceptors (Lipinski definition) is 3. The quantitative estimate of drug-likeness (QED) is 0.803. The van der Waals surface area contributed by atoms with Crippen molar-refractivity contribution in [3.8, 4) is 0 Å². The van der Waals surface area contributed by atoms with E-state index in [-0.39, 0.29) is 6.10 Å². The Morgan fingerprint density at radius 3 is 2.42 bits per heavy atom. The Kier molecular flexibility index (Phi) is 5.67. The highest BCUT2D eigenvalue weighted by Gasteiger charge is 2.32. The number of aliphatic hydroxyl groups excluding tert-OH is 1. The third-order valence-corrected chi connectivity index (χ3v) is 5.23. The van der Waals surface area contributed by atoms with E-state index in [1.807, 2.05) is 6.92 Å². The van der Waals surface area contributed by atoms with E-state index in [4.69, 9.17) is 0 Å². The molecule has 2 aliphatic rings. The number of rotatable bonds is 5. The maximum Gasteiger partial charge on any atom is 0.0553 e. The first kappa shape index (κ1) is 15.3. The minimum Gasteiger partial charge on any atom is -0.393 e. The monoisotopic (exact) mass is 268 g/mol. The van der Waals surface area contributed by atoms with Crippen molar-refractivity contribution >= 4 is 0 Å². The van der Waals surface area contributed by atoms with E-state index in [9.17, 15) is 5.11 Å². The Bertz CT molecular complexity index is 261. The van der Waals surface area contributed by atoms with E-state index < -0.39 is 0 Å². The van der Waals surface area contributed by atoms with Crippen LogP contribution in [0.15, 0.2) is 0 Å². The van der Waals surface area contributed by atoms with Crippen molar-refractivity contribution in [2.24, 2.45) is 5.92 Å². The lowest BCUT2D eigenvalue weighted by Crippen LogP contribution is -2.55. The van der Waals surface area contributed by atoms with Gasteiger partial charge in [-0.3, -0.25) is 4.90 Å². The smallest absolute Gasteiger partial charge is 0.0553 e. The van der Waals surface area contributed by atoms with Crippen LogP contribution < -0.4 is 5.32 Å². The van der Waals surface area contributed by atoms with Crippen molar-refractivity contribution in [3.63, 3.8) is 0 Å². The van der Waals surface area contributed by atoms with E-state index in [2.05, 4.69) is 24.1 Å². The lowest BCUT2D eigenvalue weighted by molar-refractivity contribution is 0.0295. The van der Waals surface area contributed by atoms with Crippen LogP contribution in [0, 0.1) is 5.92 Å². The van der Waals surface area contributed by atoms with Crippen molar-refractivity contribution in [1.82, 2.24) is 10.2 Å². The molecule has 1 saturated heterocycles. The minimum absolute atomic E-state index is 0.181. The third kappa shape index (κ3) is 4.17. The van der Waals surface area contributed by atoms with Crippen LogP contribution >= 0.6 is 0 Å². The molecule has 2 N–H and O–H groups in total. The fraction of sp³-hybridized carbons (Fsp3) is 1.00. The second-order valence-electron chi connectivity index (χ2n) is 6.79. The maximum atomic E-state index is 9.97. The van der Waals surface area contributed by atoms with Gasteiger partial charge in [-0.2, -0.15) is 0 Å². The van der Waals surface area contributed by atoms with Gasteiger partial charge in [0.1, 0.15) is 0 Å². The zero-order chi connectivity index (χ0) is 13.8. The molecule has 1 heterocycles. The minimum atomic E-state index is -0.181. The first-order valence-corrected chi connectivity index (χ1v) is 8.28. The Hall–Kier alpha value is -0.120. The van der Waals surface area contributed by atoms with Gasteiger partial charge in [-0.05, 0) is 45.4 Å². The molecule has 0 aromatic carbocycles. The summed E-state index contributed by atoms with van der Waals surface area (Å²) in [5.41, 5.74) is 0. The number of hydrogen-bond donors (Lipinski definition) is 2. The number of nitrogens with zero attached hydrogens (tertiary/aromatic N) is 1. The van der Waals surface area contributed by atoms with Crippen molar-refractivity contribution < 1.29 is 5.11 Å². The first-order valence-electron chi connectivity index (χ1n) is 8.28. The topological polar surface area (TPSA) is 35.5 Å². The van der Waals surface area contributed by atoms with Crippen LogP contribution in [0.3, 0.4) is 0 Å². The Morgan fingerprint density at radius 1 is 1.16 bits per heavy atom. The summed E-state index contributed by atoms with van der Waals surface area (Å²) in [4.78, 5) is 2.58. The molecule has 3 heteroatoms. The molecule has 0 aromatic heterocycles. The highest BCUT2D eigenvalue weighted by molar-refractivity contribution is 4.90. The predicted molar refractivity (Wildman–Crippen MR) is 80.3 cm³/mol. The van der Waals surface area contributed by atoms with Gasteiger partial charge in [-0.15, -0.1) is 0 Å². The molecule has 0 bridgehead atoms. The number of nitrogens with one attached hydrogen (secondary N) is 1. The second kappa shape index (κ2) is 7.05. The van der Waals surface area contributed by atoms with Crippen LogP contribution in [0.4, 0.5) is 0 Å². The summed E-state index contributed by atoms with van der Waals surface area (Å²) < 4.78 is 0. The summed E-state index contributed by atoms with van der Waals surface area (Å²) in [6, 6.07) is 1.94. The van der Waals surface area contributed by atoms with Gasteiger partial charge >= 0.3 is 0 Å². The van der Waals surface area contributed by atoms with Gasteiger partial charge in [0, 0.05) is 31.2 Å². The van der Waals surface area contributed by atoms with Crippen molar-refractivity contribution in [1.29, 1.82) is 0 Å². The summed E-state index contributed by atoms with van der Waals surface area (Å²) in [7, 11) is 0. The van der Waals surface area contributed by atoms with Crippen LogP contribution in [0.1, 0.15) is 59.3 Å². The van der Waals surface area contributed by atoms with E-state index in [1.165, 1.54) is 32.1 Å². The van der Waals surface area contributed by atoms with Crippen molar-refractivity contribution in [2.75, 3.05) is 13.1 Å². The molecule has 4 unspecified atom stereocenters. The Balaban J connectivity index is 1.93. The summed E-state index contributed by atoms with van der Waals surface area (Å²) in [6.07, 6.45) is 7.63. The van der Waals surface area contributed by atoms with E-state index in [0.717, 1.165) is 25.6 Å². The summed E-state index contributed by atoms with van der Waals surface area (Å²) in [5.74, 6) is 0.432. The van der Waals surface area contributed by atoms with Gasteiger partial charge in [0.2, 0.25) is 0 Å². The third-order valence-electron chi connectivity index (χ3n) is 5.23. The SMILES string of the molecule is CCC(C)N1CC(NC2CCCC2)CC(C(C)O)C1. The summed E-state index contributed by atoms with van der Waals surface area (Å²) >= 11 is 0. The van der Waals surface area contributed by atoms with E-state index >= 15 is 0 Å². The molecule has 3 nitrogen and oxygen atoms in total. The molecule has 4 atom stereocenters. The van der Waals surface area contributed by atoms with Crippen molar-refractivity contribution in [3.05, 3.63) is 0 Å². The molecule has 0 aromatic rings.